The molecule has 0 radical (unpaired) electrons. The molecular weight excluding hydrogens is 372 g/mol. The molecule has 2 aromatic rings. The first-order chi connectivity index (χ1) is 11.4. The Morgan fingerprint density at radius 2 is 2.08 bits per heavy atom. The lowest BCUT2D eigenvalue weighted by Crippen LogP contribution is -2.33. The van der Waals surface area contributed by atoms with E-state index in [1.165, 1.54) is 35.2 Å². The Morgan fingerprint density at radius 3 is 2.75 bits per heavy atom. The molecule has 1 N–H and O–H groups in total. The number of nitrogens with one attached hydrogen (secondary N) is 1. The van der Waals surface area contributed by atoms with Crippen molar-refractivity contribution in [2.45, 2.75) is 15.7 Å². The van der Waals surface area contributed by atoms with E-state index in [0.717, 1.165) is 4.31 Å². The van der Waals surface area contributed by atoms with Crippen LogP contribution in [-0.4, -0.2) is 47.5 Å². The van der Waals surface area contributed by atoms with E-state index in [2.05, 4.69) is 15.5 Å². The zero-order valence-electron chi connectivity index (χ0n) is 12.4. The fraction of sp³-hybridized carbons (Fsp3) is 0.231. The summed E-state index contributed by atoms with van der Waals surface area (Å²) >= 11 is 2.62. The summed E-state index contributed by atoms with van der Waals surface area (Å²) in [7, 11) is -3.89. The monoisotopic (exact) mass is 384 g/mol. The third kappa shape index (κ3) is 3.01. The summed E-state index contributed by atoms with van der Waals surface area (Å²) in [6.45, 7) is -0.226. The van der Waals surface area contributed by atoms with Gasteiger partial charge in [0.2, 0.25) is 11.0 Å². The number of nitrogens with zero attached hydrogens (tertiary/aromatic N) is 3. The van der Waals surface area contributed by atoms with Crippen LogP contribution in [0, 0.1) is 0 Å². The Hall–Kier alpha value is -1.98. The summed E-state index contributed by atoms with van der Waals surface area (Å²) in [6, 6.07) is 5.99. The molecular formula is C13H12N4O4S3. The fourth-order valence-electron chi connectivity index (χ4n) is 2.18. The van der Waals surface area contributed by atoms with Crippen molar-refractivity contribution in [2.75, 3.05) is 18.1 Å². The number of thioether (sulfide) groups is 1. The predicted molar refractivity (Wildman–Crippen MR) is 89.6 cm³/mol. The Bertz CT molecular complexity index is 909. The summed E-state index contributed by atoms with van der Waals surface area (Å²) in [5, 5.41) is 10.5. The van der Waals surface area contributed by atoms with Gasteiger partial charge in [-0.25, -0.2) is 12.7 Å². The van der Waals surface area contributed by atoms with E-state index in [-0.39, 0.29) is 23.4 Å². The van der Waals surface area contributed by atoms with Crippen molar-refractivity contribution in [3.05, 3.63) is 29.8 Å². The van der Waals surface area contributed by atoms with Crippen molar-refractivity contribution in [2.24, 2.45) is 0 Å². The van der Waals surface area contributed by atoms with E-state index in [1.807, 2.05) is 6.26 Å². The van der Waals surface area contributed by atoms with Crippen LogP contribution in [0.25, 0.3) is 0 Å². The van der Waals surface area contributed by atoms with E-state index in [9.17, 15) is 18.0 Å². The standard InChI is InChI=1S/C13H12N4O4S3/c1-22-13-16-15-12(23-13)14-10(18)6-7-17-11(19)8-4-2-3-5-9(8)24(17,20)21/h2-5H,6-7H2,1H3,(H,14,15,18). The lowest BCUT2D eigenvalue weighted by Gasteiger charge is -2.14. The van der Waals surface area contributed by atoms with Crippen LogP contribution in [0.2, 0.25) is 0 Å². The number of fused-ring (bicyclic) bond motifs is 1. The van der Waals surface area contributed by atoms with Crippen LogP contribution in [-0.2, 0) is 14.8 Å². The highest BCUT2D eigenvalue weighted by Crippen LogP contribution is 2.30. The molecule has 0 spiro atoms. The number of carbonyl (C=O) groups excluding carboxylic acids is 2. The Balaban J connectivity index is 1.67. The van der Waals surface area contributed by atoms with Crippen LogP contribution >= 0.6 is 23.1 Å². The van der Waals surface area contributed by atoms with Gasteiger partial charge in [0, 0.05) is 13.0 Å². The topological polar surface area (TPSA) is 109 Å². The summed E-state index contributed by atoms with van der Waals surface area (Å²) < 4.78 is 26.1. The molecule has 8 nitrogen and oxygen atoms in total. The number of hydrogen-bond acceptors (Lipinski definition) is 8. The van der Waals surface area contributed by atoms with Gasteiger partial charge in [-0.05, 0) is 18.4 Å². The first-order valence-electron chi connectivity index (χ1n) is 6.77. The predicted octanol–water partition coefficient (Wildman–Crippen LogP) is 1.43. The number of anilines is 1. The molecule has 0 saturated carbocycles. The van der Waals surface area contributed by atoms with Crippen LogP contribution in [0.1, 0.15) is 16.8 Å². The SMILES string of the molecule is CSc1nnc(NC(=O)CCN2C(=O)c3ccccc3S2(=O)=O)s1. The lowest BCUT2D eigenvalue weighted by atomic mass is 10.2. The Kier molecular flexibility index (Phi) is 4.56. The number of hydrogen-bond donors (Lipinski definition) is 1. The second kappa shape index (κ2) is 6.49. The minimum Gasteiger partial charge on any atom is -0.300 e. The van der Waals surface area contributed by atoms with Crippen LogP contribution in [0.5, 0.6) is 0 Å². The maximum absolute atomic E-state index is 12.4. The van der Waals surface area contributed by atoms with Crippen molar-refractivity contribution in [3.63, 3.8) is 0 Å². The Labute approximate surface area is 146 Å². The summed E-state index contributed by atoms with van der Waals surface area (Å²) in [5.41, 5.74) is 0.131. The third-order valence-corrected chi connectivity index (χ3v) is 6.94. The quantitative estimate of drug-likeness (QED) is 0.613. The molecule has 0 saturated heterocycles. The second-order valence-corrected chi connectivity index (χ2v) is 8.62. The summed E-state index contributed by atoms with van der Waals surface area (Å²) in [4.78, 5) is 24.1. The van der Waals surface area contributed by atoms with Gasteiger partial charge in [0.25, 0.3) is 15.9 Å². The third-order valence-electron chi connectivity index (χ3n) is 3.28. The van der Waals surface area contributed by atoms with E-state index in [0.29, 0.717) is 9.47 Å². The number of carbonyl (C=O) groups is 2. The van der Waals surface area contributed by atoms with Gasteiger partial charge in [0.05, 0.1) is 5.56 Å². The molecule has 0 bridgehead atoms. The van der Waals surface area contributed by atoms with Crippen molar-refractivity contribution in [1.82, 2.24) is 14.5 Å². The molecule has 0 aliphatic carbocycles. The highest BCUT2D eigenvalue weighted by Gasteiger charge is 2.40. The molecule has 1 aromatic heterocycles. The molecule has 2 heterocycles. The molecule has 3 rings (SSSR count). The zero-order valence-corrected chi connectivity index (χ0v) is 14.9. The lowest BCUT2D eigenvalue weighted by molar-refractivity contribution is -0.116. The van der Waals surface area contributed by atoms with E-state index >= 15 is 0 Å². The largest absolute Gasteiger partial charge is 0.300 e. The van der Waals surface area contributed by atoms with Crippen LogP contribution in [0.3, 0.4) is 0 Å². The summed E-state index contributed by atoms with van der Waals surface area (Å²) in [5.74, 6) is -1.04. The Morgan fingerprint density at radius 1 is 1.33 bits per heavy atom. The molecule has 126 valence electrons. The molecule has 0 atom stereocenters. The van der Waals surface area contributed by atoms with E-state index < -0.39 is 21.8 Å². The number of benzene rings is 1. The van der Waals surface area contributed by atoms with Crippen LogP contribution in [0.4, 0.5) is 5.13 Å². The minimum absolute atomic E-state index is 0.0239. The fourth-order valence-corrected chi connectivity index (χ4v) is 4.94. The minimum atomic E-state index is -3.89. The molecule has 0 unspecified atom stereocenters. The second-order valence-electron chi connectivity index (χ2n) is 4.75. The van der Waals surface area contributed by atoms with Gasteiger partial charge in [0.1, 0.15) is 4.90 Å². The number of aromatic nitrogens is 2. The number of rotatable bonds is 5. The highest BCUT2D eigenvalue weighted by molar-refractivity contribution is 8.00. The first kappa shape index (κ1) is 16.9. The zero-order chi connectivity index (χ0) is 17.3. The van der Waals surface area contributed by atoms with Crippen LogP contribution in [0.15, 0.2) is 33.5 Å². The summed E-state index contributed by atoms with van der Waals surface area (Å²) in [6.07, 6.45) is 1.68. The van der Waals surface area contributed by atoms with Gasteiger partial charge >= 0.3 is 0 Å². The van der Waals surface area contributed by atoms with E-state index in [4.69, 9.17) is 0 Å². The maximum atomic E-state index is 12.4. The molecule has 1 aliphatic rings. The molecule has 0 fully saturated rings. The van der Waals surface area contributed by atoms with Crippen molar-refractivity contribution in [1.29, 1.82) is 0 Å². The van der Waals surface area contributed by atoms with Gasteiger partial charge in [0.15, 0.2) is 4.34 Å². The van der Waals surface area contributed by atoms with Crippen molar-refractivity contribution >= 4 is 50.1 Å². The van der Waals surface area contributed by atoms with Gasteiger partial charge in [-0.3, -0.25) is 9.59 Å². The highest BCUT2D eigenvalue weighted by atomic mass is 32.2. The maximum Gasteiger partial charge on any atom is 0.269 e. The van der Waals surface area contributed by atoms with Gasteiger partial charge < -0.3 is 5.32 Å². The first-order valence-corrected chi connectivity index (χ1v) is 10.2. The number of amides is 2. The van der Waals surface area contributed by atoms with Crippen LogP contribution < -0.4 is 5.32 Å². The average molecular weight is 384 g/mol. The van der Waals surface area contributed by atoms with Gasteiger partial charge in [-0.1, -0.05) is 35.2 Å². The molecule has 1 aromatic carbocycles. The van der Waals surface area contributed by atoms with Crippen molar-refractivity contribution in [3.8, 4) is 0 Å². The number of sulfonamides is 1. The smallest absolute Gasteiger partial charge is 0.269 e. The average Bonchev–Trinajstić information content (AvgIpc) is 3.08. The van der Waals surface area contributed by atoms with Gasteiger partial charge in [-0.2, -0.15) is 0 Å². The molecule has 1 aliphatic heterocycles. The normalized spacial score (nSPS) is 15.4. The molecule has 11 heteroatoms. The molecule has 24 heavy (non-hydrogen) atoms. The molecule has 2 amide bonds. The van der Waals surface area contributed by atoms with Crippen molar-refractivity contribution < 1.29 is 18.0 Å². The van der Waals surface area contributed by atoms with Gasteiger partial charge in [-0.15, -0.1) is 10.2 Å². The van der Waals surface area contributed by atoms with E-state index in [1.54, 1.807) is 12.1 Å².